The molecular weight excluding hydrogens is 276 g/mol. The molecule has 2 N–H and O–H groups in total. The number of aromatic nitrogens is 3. The summed E-state index contributed by atoms with van der Waals surface area (Å²) >= 11 is 0. The highest BCUT2D eigenvalue weighted by Crippen LogP contribution is 2.22. The van der Waals surface area contributed by atoms with Crippen LogP contribution in [0.3, 0.4) is 0 Å². The van der Waals surface area contributed by atoms with Crippen LogP contribution < -0.4 is 11.4 Å². The van der Waals surface area contributed by atoms with Gasteiger partial charge in [0.2, 0.25) is 0 Å². The van der Waals surface area contributed by atoms with Gasteiger partial charge in [0.1, 0.15) is 0 Å². The summed E-state index contributed by atoms with van der Waals surface area (Å²) in [6.45, 7) is 7.38. The zero-order chi connectivity index (χ0) is 16.1. The minimum atomic E-state index is -0.0341. The molecule has 0 spiro atoms. The first-order chi connectivity index (χ1) is 10.6. The maximum atomic E-state index is 12.4. The molecular formula is C17H26N4O. The van der Waals surface area contributed by atoms with Gasteiger partial charge in [-0.2, -0.15) is 0 Å². The number of benzene rings is 1. The molecule has 2 aromatic rings. The van der Waals surface area contributed by atoms with E-state index < -0.39 is 0 Å². The number of aryl methyl sites for hydroxylation is 2. The summed E-state index contributed by atoms with van der Waals surface area (Å²) in [6.07, 6.45) is 4.52. The Kier molecular flexibility index (Phi) is 5.41. The molecule has 0 saturated heterocycles. The molecule has 120 valence electrons. The van der Waals surface area contributed by atoms with Crippen LogP contribution in [-0.4, -0.2) is 14.3 Å². The second-order valence-electron chi connectivity index (χ2n) is 5.71. The second kappa shape index (κ2) is 7.29. The van der Waals surface area contributed by atoms with Crippen molar-refractivity contribution in [2.24, 2.45) is 0 Å². The van der Waals surface area contributed by atoms with E-state index in [9.17, 15) is 4.79 Å². The SMILES string of the molecule is CCCCCCn1c(-c2ccc(C)c(N)c2)nn(CC)c1=O. The van der Waals surface area contributed by atoms with Gasteiger partial charge in [0, 0.05) is 24.3 Å². The Morgan fingerprint density at radius 1 is 1.18 bits per heavy atom. The minimum Gasteiger partial charge on any atom is -0.398 e. The number of nitrogens with zero attached hydrogens (tertiary/aromatic N) is 3. The van der Waals surface area contributed by atoms with E-state index in [-0.39, 0.29) is 5.69 Å². The molecule has 5 heteroatoms. The van der Waals surface area contributed by atoms with E-state index in [1.165, 1.54) is 17.5 Å². The Labute approximate surface area is 131 Å². The molecule has 2 rings (SSSR count). The summed E-state index contributed by atoms with van der Waals surface area (Å²) in [7, 11) is 0. The fourth-order valence-electron chi connectivity index (χ4n) is 2.54. The highest BCUT2D eigenvalue weighted by Gasteiger charge is 2.14. The molecule has 1 aromatic heterocycles. The van der Waals surface area contributed by atoms with Gasteiger partial charge in [-0.05, 0) is 31.9 Å². The Morgan fingerprint density at radius 2 is 1.95 bits per heavy atom. The Balaban J connectivity index is 2.36. The zero-order valence-electron chi connectivity index (χ0n) is 13.8. The molecule has 0 amide bonds. The van der Waals surface area contributed by atoms with Crippen molar-refractivity contribution in [3.63, 3.8) is 0 Å². The molecule has 0 aliphatic rings. The topological polar surface area (TPSA) is 65.8 Å². The van der Waals surface area contributed by atoms with E-state index in [1.54, 1.807) is 4.57 Å². The fraction of sp³-hybridized carbons (Fsp3) is 0.529. The highest BCUT2D eigenvalue weighted by molar-refractivity contribution is 5.63. The first-order valence-corrected chi connectivity index (χ1v) is 8.12. The lowest BCUT2D eigenvalue weighted by atomic mass is 10.1. The number of nitrogens with two attached hydrogens (primary N) is 1. The van der Waals surface area contributed by atoms with Crippen molar-refractivity contribution in [2.45, 2.75) is 59.5 Å². The van der Waals surface area contributed by atoms with E-state index in [4.69, 9.17) is 5.73 Å². The average Bonchev–Trinajstić information content (AvgIpc) is 2.83. The van der Waals surface area contributed by atoms with Gasteiger partial charge >= 0.3 is 5.69 Å². The molecule has 0 aliphatic carbocycles. The third-order valence-corrected chi connectivity index (χ3v) is 4.00. The third kappa shape index (κ3) is 3.40. The highest BCUT2D eigenvalue weighted by atomic mass is 16.2. The lowest BCUT2D eigenvalue weighted by Crippen LogP contribution is -2.24. The lowest BCUT2D eigenvalue weighted by molar-refractivity contribution is 0.555. The number of hydrogen-bond donors (Lipinski definition) is 1. The maximum Gasteiger partial charge on any atom is 0.346 e. The first-order valence-electron chi connectivity index (χ1n) is 8.12. The fourth-order valence-corrected chi connectivity index (χ4v) is 2.54. The Bertz CT molecular complexity index is 684. The van der Waals surface area contributed by atoms with E-state index in [0.29, 0.717) is 13.1 Å². The number of rotatable bonds is 7. The first kappa shape index (κ1) is 16.3. The van der Waals surface area contributed by atoms with Crippen LogP contribution in [0.2, 0.25) is 0 Å². The largest absolute Gasteiger partial charge is 0.398 e. The van der Waals surface area contributed by atoms with Crippen LogP contribution in [0, 0.1) is 6.92 Å². The van der Waals surface area contributed by atoms with E-state index >= 15 is 0 Å². The van der Waals surface area contributed by atoms with Gasteiger partial charge in [-0.15, -0.1) is 5.10 Å². The average molecular weight is 302 g/mol. The second-order valence-corrected chi connectivity index (χ2v) is 5.71. The van der Waals surface area contributed by atoms with Crippen molar-refractivity contribution in [1.82, 2.24) is 14.3 Å². The minimum absolute atomic E-state index is 0.0341. The smallest absolute Gasteiger partial charge is 0.346 e. The van der Waals surface area contributed by atoms with Crippen molar-refractivity contribution in [2.75, 3.05) is 5.73 Å². The van der Waals surface area contributed by atoms with Gasteiger partial charge in [0.15, 0.2) is 5.82 Å². The molecule has 22 heavy (non-hydrogen) atoms. The number of nitrogen functional groups attached to an aromatic ring is 1. The Morgan fingerprint density at radius 3 is 2.59 bits per heavy atom. The number of hydrogen-bond acceptors (Lipinski definition) is 3. The monoisotopic (exact) mass is 302 g/mol. The summed E-state index contributed by atoms with van der Waals surface area (Å²) in [5.41, 5.74) is 8.64. The summed E-state index contributed by atoms with van der Waals surface area (Å²) in [6, 6.07) is 5.86. The predicted molar refractivity (Wildman–Crippen MR) is 90.9 cm³/mol. The van der Waals surface area contributed by atoms with Gasteiger partial charge in [-0.1, -0.05) is 38.3 Å². The maximum absolute atomic E-state index is 12.4. The Hall–Kier alpha value is -2.04. The van der Waals surface area contributed by atoms with Crippen LogP contribution >= 0.6 is 0 Å². The van der Waals surface area contributed by atoms with E-state index in [2.05, 4.69) is 12.0 Å². The number of unbranched alkanes of at least 4 members (excludes halogenated alkanes) is 3. The van der Waals surface area contributed by atoms with Gasteiger partial charge < -0.3 is 5.73 Å². The lowest BCUT2D eigenvalue weighted by Gasteiger charge is -2.07. The van der Waals surface area contributed by atoms with Crippen LogP contribution in [0.4, 0.5) is 5.69 Å². The van der Waals surface area contributed by atoms with Crippen molar-refractivity contribution in [3.8, 4) is 11.4 Å². The van der Waals surface area contributed by atoms with Crippen molar-refractivity contribution in [1.29, 1.82) is 0 Å². The molecule has 0 bridgehead atoms. The summed E-state index contributed by atoms with van der Waals surface area (Å²) in [4.78, 5) is 12.4. The molecule has 0 fully saturated rings. The van der Waals surface area contributed by atoms with Gasteiger partial charge in [-0.25, -0.2) is 9.48 Å². The van der Waals surface area contributed by atoms with Crippen LogP contribution in [0.1, 0.15) is 45.1 Å². The molecule has 0 radical (unpaired) electrons. The van der Waals surface area contributed by atoms with Crippen LogP contribution in [0.25, 0.3) is 11.4 Å². The number of anilines is 1. The molecule has 5 nitrogen and oxygen atoms in total. The van der Waals surface area contributed by atoms with Crippen LogP contribution in [-0.2, 0) is 13.1 Å². The molecule has 0 saturated carbocycles. The molecule has 0 unspecified atom stereocenters. The standard InChI is InChI=1S/C17H26N4O/c1-4-6-7-8-11-20-16(19-21(5-2)17(20)22)14-10-9-13(3)15(18)12-14/h9-10,12H,4-8,11,18H2,1-3H3. The molecule has 1 heterocycles. The van der Waals surface area contributed by atoms with Crippen LogP contribution in [0.15, 0.2) is 23.0 Å². The van der Waals surface area contributed by atoms with Crippen molar-refractivity contribution < 1.29 is 0 Å². The quantitative estimate of drug-likeness (QED) is 0.631. The summed E-state index contributed by atoms with van der Waals surface area (Å²) in [5.74, 6) is 0.718. The summed E-state index contributed by atoms with van der Waals surface area (Å²) < 4.78 is 3.30. The van der Waals surface area contributed by atoms with Crippen molar-refractivity contribution in [3.05, 3.63) is 34.2 Å². The van der Waals surface area contributed by atoms with Gasteiger partial charge in [0.05, 0.1) is 0 Å². The van der Waals surface area contributed by atoms with Crippen molar-refractivity contribution >= 4 is 5.69 Å². The molecule has 1 aromatic carbocycles. The van der Waals surface area contributed by atoms with E-state index in [1.807, 2.05) is 32.0 Å². The summed E-state index contributed by atoms with van der Waals surface area (Å²) in [5, 5.41) is 4.48. The predicted octanol–water partition coefficient (Wildman–Crippen LogP) is 3.20. The normalized spacial score (nSPS) is 11.0. The molecule has 0 atom stereocenters. The van der Waals surface area contributed by atoms with E-state index in [0.717, 1.165) is 35.5 Å². The van der Waals surface area contributed by atoms with Gasteiger partial charge in [0.25, 0.3) is 0 Å². The zero-order valence-corrected chi connectivity index (χ0v) is 13.8. The van der Waals surface area contributed by atoms with Gasteiger partial charge in [-0.3, -0.25) is 4.57 Å². The molecule has 0 aliphatic heterocycles. The third-order valence-electron chi connectivity index (χ3n) is 4.00. The van der Waals surface area contributed by atoms with Crippen LogP contribution in [0.5, 0.6) is 0 Å².